The van der Waals surface area contributed by atoms with Crippen molar-refractivity contribution in [3.05, 3.63) is 131 Å². The summed E-state index contributed by atoms with van der Waals surface area (Å²) in [6.07, 6.45) is 0.573. The highest BCUT2D eigenvalue weighted by molar-refractivity contribution is 6.62. The van der Waals surface area contributed by atoms with Crippen LogP contribution in [0, 0.1) is 5.41 Å². The molecule has 2 N–H and O–H groups in total. The summed E-state index contributed by atoms with van der Waals surface area (Å²) in [6, 6.07) is 36.4. The minimum Gasteiger partial charge on any atom is -0.399 e. The Morgan fingerprint density at radius 3 is 1.59 bits per heavy atom. The van der Waals surface area contributed by atoms with E-state index in [4.69, 9.17) is 14.7 Å². The van der Waals surface area contributed by atoms with Gasteiger partial charge in [0.05, 0.1) is 11.2 Å². The van der Waals surface area contributed by atoms with Crippen molar-refractivity contribution in [2.75, 3.05) is 5.32 Å². The fourth-order valence-electron chi connectivity index (χ4n) is 5.07. The first-order chi connectivity index (χ1) is 18.7. The molecule has 1 fully saturated rings. The van der Waals surface area contributed by atoms with Crippen LogP contribution in [0.15, 0.2) is 109 Å². The van der Waals surface area contributed by atoms with E-state index in [1.54, 1.807) is 0 Å². The SMILES string of the molecule is CC1(C)OB(c2ccc(NC(c3ccccc3)(c3ccccc3)c3ccccc3)c(C(=N)C=O)c2)OC1(C)C. The normalized spacial score (nSPS) is 16.1. The van der Waals surface area contributed by atoms with E-state index in [0.29, 0.717) is 17.5 Å². The molecule has 0 saturated carbocycles. The lowest BCUT2D eigenvalue weighted by Crippen LogP contribution is -2.41. The van der Waals surface area contributed by atoms with Crippen molar-refractivity contribution in [3.63, 3.8) is 0 Å². The van der Waals surface area contributed by atoms with E-state index in [2.05, 4.69) is 41.7 Å². The molecule has 5 rings (SSSR count). The minimum absolute atomic E-state index is 0.126. The van der Waals surface area contributed by atoms with Gasteiger partial charge in [-0.15, -0.1) is 0 Å². The molecular weight excluding hydrogens is 483 g/mol. The number of anilines is 1. The Labute approximate surface area is 230 Å². The summed E-state index contributed by atoms with van der Waals surface area (Å²) >= 11 is 0. The molecule has 0 unspecified atom stereocenters. The zero-order valence-electron chi connectivity index (χ0n) is 22.8. The van der Waals surface area contributed by atoms with E-state index in [9.17, 15) is 4.79 Å². The minimum atomic E-state index is -0.798. The van der Waals surface area contributed by atoms with Gasteiger partial charge in [-0.2, -0.15) is 0 Å². The molecule has 39 heavy (non-hydrogen) atoms. The third kappa shape index (κ3) is 4.82. The number of rotatable bonds is 8. The van der Waals surface area contributed by atoms with Crippen molar-refractivity contribution in [1.82, 2.24) is 0 Å². The molecule has 1 aliphatic heterocycles. The van der Waals surface area contributed by atoms with E-state index in [-0.39, 0.29) is 5.71 Å². The number of carbonyl (C=O) groups excluding carboxylic acids is 1. The fraction of sp³-hybridized carbons (Fsp3) is 0.212. The van der Waals surface area contributed by atoms with Gasteiger partial charge < -0.3 is 14.6 Å². The molecule has 1 heterocycles. The summed E-state index contributed by atoms with van der Waals surface area (Å²) in [6.45, 7) is 8.02. The number of hydrogen-bond donors (Lipinski definition) is 2. The molecule has 1 aliphatic rings. The quantitative estimate of drug-likeness (QED) is 0.131. The summed E-state index contributed by atoms with van der Waals surface area (Å²) in [5.74, 6) is 0. The molecule has 4 aromatic carbocycles. The Kier molecular flexibility index (Phi) is 7.02. The van der Waals surface area contributed by atoms with Gasteiger partial charge in [-0.25, -0.2) is 0 Å². The Balaban J connectivity index is 1.69. The van der Waals surface area contributed by atoms with Crippen LogP contribution >= 0.6 is 0 Å². The molecular formula is C33H33BN2O3. The number of benzene rings is 4. The van der Waals surface area contributed by atoms with Crippen molar-refractivity contribution >= 4 is 30.3 Å². The average molecular weight is 516 g/mol. The summed E-state index contributed by atoms with van der Waals surface area (Å²) in [7, 11) is -0.607. The van der Waals surface area contributed by atoms with E-state index >= 15 is 0 Å². The maximum Gasteiger partial charge on any atom is 0.494 e. The molecule has 0 bridgehead atoms. The second-order valence-corrected chi connectivity index (χ2v) is 10.9. The maximum absolute atomic E-state index is 12.0. The summed E-state index contributed by atoms with van der Waals surface area (Å²) in [4.78, 5) is 12.0. The lowest BCUT2D eigenvalue weighted by Gasteiger charge is -2.38. The fourth-order valence-corrected chi connectivity index (χ4v) is 5.07. The van der Waals surface area contributed by atoms with Crippen molar-refractivity contribution in [2.45, 2.75) is 44.4 Å². The van der Waals surface area contributed by atoms with Gasteiger partial charge in [0.2, 0.25) is 0 Å². The predicted molar refractivity (Wildman–Crippen MR) is 158 cm³/mol. The second-order valence-electron chi connectivity index (χ2n) is 10.9. The Hall–Kier alpha value is -4.00. The largest absolute Gasteiger partial charge is 0.494 e. The third-order valence-corrected chi connectivity index (χ3v) is 7.92. The van der Waals surface area contributed by atoms with Crippen LogP contribution in [0.5, 0.6) is 0 Å². The topological polar surface area (TPSA) is 71.4 Å². The molecule has 0 aromatic heterocycles. The van der Waals surface area contributed by atoms with Gasteiger partial charge in [-0.05, 0) is 55.9 Å². The van der Waals surface area contributed by atoms with Crippen LogP contribution in [0.25, 0.3) is 0 Å². The van der Waals surface area contributed by atoms with E-state index < -0.39 is 23.9 Å². The van der Waals surface area contributed by atoms with Gasteiger partial charge in [-0.1, -0.05) is 103 Å². The molecule has 5 nitrogen and oxygen atoms in total. The number of aldehydes is 1. The average Bonchev–Trinajstić information content (AvgIpc) is 3.19. The molecule has 6 heteroatoms. The molecule has 1 saturated heterocycles. The molecule has 4 aromatic rings. The van der Waals surface area contributed by atoms with Crippen molar-refractivity contribution in [1.29, 1.82) is 5.41 Å². The molecule has 0 amide bonds. The number of hydrogen-bond acceptors (Lipinski definition) is 5. The molecule has 196 valence electrons. The summed E-state index contributed by atoms with van der Waals surface area (Å²) in [5, 5.41) is 12.4. The van der Waals surface area contributed by atoms with Gasteiger partial charge in [-0.3, -0.25) is 10.2 Å². The third-order valence-electron chi connectivity index (χ3n) is 7.92. The van der Waals surface area contributed by atoms with Crippen LogP contribution < -0.4 is 10.8 Å². The molecule has 0 atom stereocenters. The van der Waals surface area contributed by atoms with Gasteiger partial charge in [0.15, 0.2) is 6.29 Å². The molecule has 0 radical (unpaired) electrons. The van der Waals surface area contributed by atoms with Crippen molar-refractivity contribution in [2.24, 2.45) is 0 Å². The summed E-state index contributed by atoms with van der Waals surface area (Å²) in [5.41, 5.74) is 3.04. The first-order valence-electron chi connectivity index (χ1n) is 13.2. The summed E-state index contributed by atoms with van der Waals surface area (Å²) < 4.78 is 12.5. The van der Waals surface area contributed by atoms with Crippen LogP contribution in [0.4, 0.5) is 5.69 Å². The van der Waals surface area contributed by atoms with Gasteiger partial charge in [0.25, 0.3) is 0 Å². The van der Waals surface area contributed by atoms with Crippen LogP contribution in [-0.4, -0.2) is 30.3 Å². The Bertz CT molecular complexity index is 1360. The lowest BCUT2D eigenvalue weighted by atomic mass is 9.75. The highest BCUT2D eigenvalue weighted by atomic mass is 16.7. The van der Waals surface area contributed by atoms with Gasteiger partial charge in [0, 0.05) is 11.3 Å². The highest BCUT2D eigenvalue weighted by Gasteiger charge is 2.52. The van der Waals surface area contributed by atoms with E-state index in [0.717, 1.165) is 22.2 Å². The smallest absolute Gasteiger partial charge is 0.399 e. The zero-order valence-corrected chi connectivity index (χ0v) is 22.8. The Morgan fingerprint density at radius 2 is 1.18 bits per heavy atom. The molecule has 0 spiro atoms. The Morgan fingerprint density at radius 1 is 0.744 bits per heavy atom. The highest BCUT2D eigenvalue weighted by Crippen LogP contribution is 2.41. The first-order valence-corrected chi connectivity index (χ1v) is 13.2. The predicted octanol–water partition coefficient (Wildman–Crippen LogP) is 5.96. The number of carbonyl (C=O) groups is 1. The van der Waals surface area contributed by atoms with Crippen molar-refractivity contribution in [3.8, 4) is 0 Å². The number of nitrogens with one attached hydrogen (secondary N) is 2. The van der Waals surface area contributed by atoms with Crippen LogP contribution in [0.1, 0.15) is 49.9 Å². The van der Waals surface area contributed by atoms with Crippen LogP contribution in [0.3, 0.4) is 0 Å². The van der Waals surface area contributed by atoms with Crippen molar-refractivity contribution < 1.29 is 14.1 Å². The van der Waals surface area contributed by atoms with Gasteiger partial charge in [0.1, 0.15) is 11.3 Å². The second kappa shape index (κ2) is 10.3. The van der Waals surface area contributed by atoms with E-state index in [1.165, 1.54) is 0 Å². The van der Waals surface area contributed by atoms with Gasteiger partial charge >= 0.3 is 7.12 Å². The maximum atomic E-state index is 12.0. The molecule has 0 aliphatic carbocycles. The first kappa shape index (κ1) is 26.6. The standard InChI is InChI=1S/C33H33BN2O3/c1-31(2)32(3,4)39-34(38-31)27-20-21-30(28(22-27)29(35)23-37)36-33(24-14-8-5-9-15-24,25-16-10-6-11-17-25)26-18-12-7-13-19-26/h5-23,35-36H,1-4H3. The lowest BCUT2D eigenvalue weighted by molar-refractivity contribution is -0.102. The van der Waals surface area contributed by atoms with Crippen LogP contribution in [0.2, 0.25) is 0 Å². The monoisotopic (exact) mass is 516 g/mol. The van der Waals surface area contributed by atoms with E-state index in [1.807, 2.05) is 100 Å². The zero-order chi connectivity index (χ0) is 27.7. The van der Waals surface area contributed by atoms with Crippen LogP contribution in [-0.2, 0) is 19.6 Å².